The first-order chi connectivity index (χ1) is 12.8. The quantitative estimate of drug-likeness (QED) is 0.732. The van der Waals surface area contributed by atoms with E-state index in [9.17, 15) is 22.8 Å². The van der Waals surface area contributed by atoms with Crippen LogP contribution in [0.2, 0.25) is 5.02 Å². The van der Waals surface area contributed by atoms with Gasteiger partial charge < -0.3 is 5.32 Å². The van der Waals surface area contributed by atoms with Crippen LogP contribution in [0.25, 0.3) is 10.9 Å². The zero-order valence-electron chi connectivity index (χ0n) is 13.6. The van der Waals surface area contributed by atoms with E-state index in [1.807, 2.05) is 0 Å². The molecule has 1 amide bonds. The van der Waals surface area contributed by atoms with E-state index in [4.69, 9.17) is 11.6 Å². The van der Waals surface area contributed by atoms with Gasteiger partial charge in [0.15, 0.2) is 0 Å². The molecule has 0 aliphatic rings. The predicted molar refractivity (Wildman–Crippen MR) is 93.5 cm³/mol. The maximum Gasteiger partial charge on any atom is 0.417 e. The van der Waals surface area contributed by atoms with Crippen molar-refractivity contribution in [2.45, 2.75) is 19.1 Å². The number of fused-ring (bicyclic) bond motifs is 1. The first-order valence-corrected chi connectivity index (χ1v) is 8.12. The third-order valence-corrected chi connectivity index (χ3v) is 4.07. The number of rotatable bonds is 4. The molecule has 0 fully saturated rings. The summed E-state index contributed by atoms with van der Waals surface area (Å²) in [7, 11) is 0. The van der Waals surface area contributed by atoms with Crippen molar-refractivity contribution in [3.8, 4) is 0 Å². The maximum absolute atomic E-state index is 12.9. The molecule has 2 aromatic carbocycles. The fourth-order valence-corrected chi connectivity index (χ4v) is 2.65. The number of benzene rings is 2. The Kier molecular flexibility index (Phi) is 5.13. The summed E-state index contributed by atoms with van der Waals surface area (Å²) in [6, 6.07) is 9.70. The lowest BCUT2D eigenvalue weighted by Crippen LogP contribution is -2.26. The minimum absolute atomic E-state index is 0.0475. The highest BCUT2D eigenvalue weighted by molar-refractivity contribution is 6.31. The summed E-state index contributed by atoms with van der Waals surface area (Å²) >= 11 is 5.54. The van der Waals surface area contributed by atoms with E-state index in [-0.39, 0.29) is 18.7 Å². The summed E-state index contributed by atoms with van der Waals surface area (Å²) in [6.07, 6.45) is -4.80. The normalized spacial score (nSPS) is 11.6. The molecule has 0 unspecified atom stereocenters. The van der Waals surface area contributed by atoms with Gasteiger partial charge in [0.25, 0.3) is 5.56 Å². The van der Waals surface area contributed by atoms with E-state index >= 15 is 0 Å². The second-order valence-corrected chi connectivity index (χ2v) is 6.03. The van der Waals surface area contributed by atoms with Crippen LogP contribution in [-0.4, -0.2) is 20.9 Å². The number of aryl methyl sites for hydroxylation is 1. The number of hydrogen-bond acceptors (Lipinski definition) is 4. The average molecular weight is 397 g/mol. The predicted octanol–water partition coefficient (Wildman–Crippen LogP) is 3.49. The summed E-state index contributed by atoms with van der Waals surface area (Å²) in [5, 5.41) is 9.89. The van der Waals surface area contributed by atoms with Gasteiger partial charge in [0.1, 0.15) is 5.52 Å². The maximum atomic E-state index is 12.9. The van der Waals surface area contributed by atoms with E-state index < -0.39 is 28.2 Å². The lowest BCUT2D eigenvalue weighted by molar-refractivity contribution is -0.137. The topological polar surface area (TPSA) is 76.9 Å². The molecule has 0 spiro atoms. The smallest absolute Gasteiger partial charge is 0.326 e. The minimum atomic E-state index is -4.63. The molecule has 0 aliphatic heterocycles. The third-order valence-electron chi connectivity index (χ3n) is 3.74. The highest BCUT2D eigenvalue weighted by Crippen LogP contribution is 2.36. The van der Waals surface area contributed by atoms with E-state index in [2.05, 4.69) is 15.6 Å². The number of alkyl halides is 3. The lowest BCUT2D eigenvalue weighted by Gasteiger charge is -2.12. The molecule has 0 atom stereocenters. The molecule has 0 saturated carbocycles. The Balaban J connectivity index is 1.71. The first-order valence-electron chi connectivity index (χ1n) is 7.75. The van der Waals surface area contributed by atoms with Crippen LogP contribution in [0.3, 0.4) is 0 Å². The molecule has 0 aliphatic carbocycles. The largest absolute Gasteiger partial charge is 0.417 e. The molecule has 140 valence electrons. The van der Waals surface area contributed by atoms with Crippen molar-refractivity contribution in [3.63, 3.8) is 0 Å². The Morgan fingerprint density at radius 2 is 1.93 bits per heavy atom. The molecule has 1 N–H and O–H groups in total. The molecule has 6 nitrogen and oxygen atoms in total. The summed E-state index contributed by atoms with van der Waals surface area (Å²) < 4.78 is 39.6. The monoisotopic (exact) mass is 396 g/mol. The highest BCUT2D eigenvalue weighted by Gasteiger charge is 2.33. The van der Waals surface area contributed by atoms with Gasteiger partial charge in [-0.15, -0.1) is 5.10 Å². The number of aromatic nitrogens is 3. The van der Waals surface area contributed by atoms with Crippen molar-refractivity contribution in [2.75, 3.05) is 5.32 Å². The van der Waals surface area contributed by atoms with Gasteiger partial charge in [-0.3, -0.25) is 9.59 Å². The Labute approximate surface area is 155 Å². The molecule has 3 rings (SSSR count). The molecule has 10 heteroatoms. The summed E-state index contributed by atoms with van der Waals surface area (Å²) in [5.41, 5.74) is -1.06. The molecule has 1 aromatic heterocycles. The van der Waals surface area contributed by atoms with Crippen LogP contribution < -0.4 is 10.9 Å². The molecule has 3 aromatic rings. The number of anilines is 1. The van der Waals surface area contributed by atoms with Crippen molar-refractivity contribution in [2.24, 2.45) is 0 Å². The first kappa shape index (κ1) is 18.8. The van der Waals surface area contributed by atoms with Crippen molar-refractivity contribution in [1.82, 2.24) is 15.0 Å². The number of carbonyl (C=O) groups excluding carboxylic acids is 1. The van der Waals surface area contributed by atoms with Crippen molar-refractivity contribution in [3.05, 3.63) is 63.4 Å². The number of carbonyl (C=O) groups is 1. The Morgan fingerprint density at radius 3 is 2.67 bits per heavy atom. The number of nitrogens with zero attached hydrogens (tertiary/aromatic N) is 3. The van der Waals surface area contributed by atoms with Crippen LogP contribution in [0.15, 0.2) is 47.3 Å². The van der Waals surface area contributed by atoms with Gasteiger partial charge in [-0.1, -0.05) is 28.9 Å². The van der Waals surface area contributed by atoms with Crippen LogP contribution >= 0.6 is 11.6 Å². The number of nitrogens with one attached hydrogen (secondary N) is 1. The average Bonchev–Trinajstić information content (AvgIpc) is 2.62. The van der Waals surface area contributed by atoms with Gasteiger partial charge in [-0.05, 0) is 30.3 Å². The highest BCUT2D eigenvalue weighted by atomic mass is 35.5. The summed E-state index contributed by atoms with van der Waals surface area (Å²) in [4.78, 5) is 24.3. The Hall–Kier alpha value is -2.94. The molecular weight excluding hydrogens is 385 g/mol. The second kappa shape index (κ2) is 7.36. The number of hydrogen-bond donors (Lipinski definition) is 1. The molecule has 1 heterocycles. The SMILES string of the molecule is O=C(CCn1nnc2ccccc2c1=O)Nc1ccc(Cl)c(C(F)(F)F)c1. The van der Waals surface area contributed by atoms with Crippen molar-refractivity contribution in [1.29, 1.82) is 0 Å². The third kappa shape index (κ3) is 4.25. The van der Waals surface area contributed by atoms with Crippen LogP contribution in [0.1, 0.15) is 12.0 Å². The van der Waals surface area contributed by atoms with Crippen LogP contribution in [-0.2, 0) is 17.5 Å². The van der Waals surface area contributed by atoms with E-state index in [1.165, 1.54) is 6.07 Å². The van der Waals surface area contributed by atoms with E-state index in [0.717, 1.165) is 16.8 Å². The zero-order chi connectivity index (χ0) is 19.6. The van der Waals surface area contributed by atoms with Gasteiger partial charge in [0.05, 0.1) is 22.5 Å². The lowest BCUT2D eigenvalue weighted by atomic mass is 10.2. The second-order valence-electron chi connectivity index (χ2n) is 5.63. The van der Waals surface area contributed by atoms with E-state index in [0.29, 0.717) is 10.9 Å². The standard InChI is InChI=1S/C17H12ClF3N4O2/c18-13-6-5-10(9-12(13)17(19,20)21)22-15(26)7-8-25-16(27)11-3-1-2-4-14(11)23-24-25/h1-6,9H,7-8H2,(H,22,26). The van der Waals surface area contributed by atoms with Gasteiger partial charge in [0, 0.05) is 12.1 Å². The van der Waals surface area contributed by atoms with Crippen LogP contribution in [0, 0.1) is 0 Å². The molecule has 0 saturated heterocycles. The van der Waals surface area contributed by atoms with Crippen LogP contribution in [0.5, 0.6) is 0 Å². The van der Waals surface area contributed by atoms with Gasteiger partial charge in [-0.2, -0.15) is 13.2 Å². The fourth-order valence-electron chi connectivity index (χ4n) is 2.42. The Morgan fingerprint density at radius 1 is 1.19 bits per heavy atom. The summed E-state index contributed by atoms with van der Waals surface area (Å²) in [5.74, 6) is -0.577. The van der Waals surface area contributed by atoms with Crippen LogP contribution in [0.4, 0.5) is 18.9 Å². The van der Waals surface area contributed by atoms with Gasteiger partial charge in [0.2, 0.25) is 5.91 Å². The fraction of sp³-hybridized carbons (Fsp3) is 0.176. The van der Waals surface area contributed by atoms with E-state index in [1.54, 1.807) is 24.3 Å². The number of amides is 1. The van der Waals surface area contributed by atoms with Crippen molar-refractivity contribution < 1.29 is 18.0 Å². The minimum Gasteiger partial charge on any atom is -0.326 e. The van der Waals surface area contributed by atoms with Gasteiger partial charge in [-0.25, -0.2) is 4.68 Å². The van der Waals surface area contributed by atoms with Crippen molar-refractivity contribution >= 4 is 34.1 Å². The molecular formula is C17H12ClF3N4O2. The molecule has 0 radical (unpaired) electrons. The zero-order valence-corrected chi connectivity index (χ0v) is 14.4. The molecule has 0 bridgehead atoms. The Bertz CT molecular complexity index is 1070. The number of halogens is 4. The molecule has 27 heavy (non-hydrogen) atoms. The summed E-state index contributed by atoms with van der Waals surface area (Å²) in [6.45, 7) is -0.0672. The van der Waals surface area contributed by atoms with Gasteiger partial charge >= 0.3 is 6.18 Å².